The van der Waals surface area contributed by atoms with Crippen LogP contribution in [0.25, 0.3) is 0 Å². The zero-order valence-corrected chi connectivity index (χ0v) is 14.8. The van der Waals surface area contributed by atoms with Crippen LogP contribution in [-0.4, -0.2) is 30.1 Å². The number of hydrogen-bond acceptors (Lipinski definition) is 7. The van der Waals surface area contributed by atoms with Gasteiger partial charge in [0.05, 0.1) is 31.5 Å². The molecule has 0 unspecified atom stereocenters. The quantitative estimate of drug-likeness (QED) is 0.621. The van der Waals surface area contributed by atoms with E-state index in [1.165, 1.54) is 20.3 Å². The lowest BCUT2D eigenvalue weighted by Gasteiger charge is -2.12. The largest absolute Gasteiger partial charge is 0.481 e. The molecule has 0 aliphatic rings. The fourth-order valence-corrected chi connectivity index (χ4v) is 2.20. The molecule has 3 rings (SSSR count). The van der Waals surface area contributed by atoms with Crippen LogP contribution in [0.5, 0.6) is 23.5 Å². The summed E-state index contributed by atoms with van der Waals surface area (Å²) in [6, 6.07) is 17.6. The maximum absolute atomic E-state index is 12.5. The number of carbonyl (C=O) groups is 1. The minimum Gasteiger partial charge on any atom is -0.481 e. The lowest BCUT2D eigenvalue weighted by atomic mass is 10.2. The average Bonchev–Trinajstić information content (AvgIpc) is 2.72. The summed E-state index contributed by atoms with van der Waals surface area (Å²) < 4.78 is 15.9. The van der Waals surface area contributed by atoms with Crippen LogP contribution in [-0.2, 0) is 0 Å². The highest BCUT2D eigenvalue weighted by molar-refractivity contribution is 5.97. The lowest BCUT2D eigenvalue weighted by molar-refractivity contribution is 0.0960. The molecule has 0 aliphatic heterocycles. The highest BCUT2D eigenvalue weighted by Gasteiger charge is 2.15. The molecule has 2 aromatic carbocycles. The summed E-state index contributed by atoms with van der Waals surface area (Å²) in [6.45, 7) is 0. The van der Waals surface area contributed by atoms with Crippen molar-refractivity contribution >= 4 is 11.6 Å². The third-order valence-electron chi connectivity index (χ3n) is 3.50. The molecule has 0 bridgehead atoms. The van der Waals surface area contributed by atoms with Gasteiger partial charge in [-0.05, 0) is 24.3 Å². The number of aromatic nitrogens is 2. The number of ether oxygens (including phenoxy) is 3. The van der Waals surface area contributed by atoms with Gasteiger partial charge in [-0.2, -0.15) is 9.97 Å². The molecule has 0 saturated carbocycles. The molecule has 1 heterocycles. The van der Waals surface area contributed by atoms with Crippen molar-refractivity contribution in [1.29, 1.82) is 0 Å². The standard InChI is InChI=1S/C19H18N4O4/c1-25-16-12-17(26-2)21-19(20-16)27-15-11-7-6-10-14(15)18(24)23-22-13-8-4-3-5-9-13/h3-12,22H,1-2H3,(H,23,24). The highest BCUT2D eigenvalue weighted by Crippen LogP contribution is 2.26. The number of para-hydroxylation sites is 2. The highest BCUT2D eigenvalue weighted by atomic mass is 16.5. The second kappa shape index (κ2) is 8.52. The summed E-state index contributed by atoms with van der Waals surface area (Å²) in [5.74, 6) is 0.485. The molecule has 138 valence electrons. The molecule has 2 N–H and O–H groups in total. The Hall–Kier alpha value is -3.81. The van der Waals surface area contributed by atoms with Crippen molar-refractivity contribution in [1.82, 2.24) is 15.4 Å². The van der Waals surface area contributed by atoms with Gasteiger partial charge < -0.3 is 14.2 Å². The fourth-order valence-electron chi connectivity index (χ4n) is 2.20. The number of hydrogen-bond donors (Lipinski definition) is 2. The van der Waals surface area contributed by atoms with Gasteiger partial charge in [0.1, 0.15) is 5.75 Å². The molecule has 1 amide bonds. The smallest absolute Gasteiger partial charge is 0.328 e. The van der Waals surface area contributed by atoms with Crippen molar-refractivity contribution in [3.05, 3.63) is 66.2 Å². The van der Waals surface area contributed by atoms with Crippen molar-refractivity contribution in [3.8, 4) is 23.5 Å². The van der Waals surface area contributed by atoms with Gasteiger partial charge in [0.15, 0.2) is 0 Å². The average molecular weight is 366 g/mol. The minimum atomic E-state index is -0.371. The third-order valence-corrected chi connectivity index (χ3v) is 3.50. The molecular formula is C19H18N4O4. The normalized spacial score (nSPS) is 10.0. The van der Waals surface area contributed by atoms with Gasteiger partial charge in [0.25, 0.3) is 5.91 Å². The molecule has 0 radical (unpaired) electrons. The second-order valence-corrected chi connectivity index (χ2v) is 5.28. The van der Waals surface area contributed by atoms with Gasteiger partial charge in [0, 0.05) is 0 Å². The Kier molecular flexibility index (Phi) is 5.68. The summed E-state index contributed by atoms with van der Waals surface area (Å²) in [5, 5.41) is 0. The summed E-state index contributed by atoms with van der Waals surface area (Å²) in [4.78, 5) is 20.7. The van der Waals surface area contributed by atoms with Gasteiger partial charge >= 0.3 is 6.01 Å². The summed E-state index contributed by atoms with van der Waals surface area (Å²) in [5.41, 5.74) is 6.54. The van der Waals surface area contributed by atoms with Gasteiger partial charge in [-0.3, -0.25) is 15.6 Å². The van der Waals surface area contributed by atoms with E-state index in [9.17, 15) is 4.79 Å². The summed E-state index contributed by atoms with van der Waals surface area (Å²) in [7, 11) is 2.95. The Morgan fingerprint density at radius 2 is 1.52 bits per heavy atom. The fraction of sp³-hybridized carbons (Fsp3) is 0.105. The van der Waals surface area contributed by atoms with Gasteiger partial charge in [-0.25, -0.2) is 0 Å². The van der Waals surface area contributed by atoms with Crippen molar-refractivity contribution in [2.75, 3.05) is 19.6 Å². The maximum atomic E-state index is 12.5. The first kappa shape index (κ1) is 18.0. The SMILES string of the molecule is COc1cc(OC)nc(Oc2ccccc2C(=O)NNc2ccccc2)n1. The van der Waals surface area contributed by atoms with Crippen LogP contribution in [0.2, 0.25) is 0 Å². The number of nitrogens with zero attached hydrogens (tertiary/aromatic N) is 2. The number of hydrazine groups is 1. The molecule has 0 aliphatic carbocycles. The monoisotopic (exact) mass is 366 g/mol. The Morgan fingerprint density at radius 1 is 0.889 bits per heavy atom. The van der Waals surface area contributed by atoms with Gasteiger partial charge in [-0.1, -0.05) is 30.3 Å². The second-order valence-electron chi connectivity index (χ2n) is 5.28. The number of benzene rings is 2. The van der Waals surface area contributed by atoms with E-state index in [4.69, 9.17) is 14.2 Å². The molecule has 0 saturated heterocycles. The molecule has 8 nitrogen and oxygen atoms in total. The van der Waals surface area contributed by atoms with Crippen LogP contribution < -0.4 is 25.1 Å². The van der Waals surface area contributed by atoms with E-state index < -0.39 is 0 Å². The molecule has 3 aromatic rings. The maximum Gasteiger partial charge on any atom is 0.328 e. The molecule has 1 aromatic heterocycles. The van der Waals surface area contributed by atoms with E-state index >= 15 is 0 Å². The molecule has 0 atom stereocenters. The number of carbonyl (C=O) groups excluding carboxylic acids is 1. The Morgan fingerprint density at radius 3 is 2.19 bits per heavy atom. The summed E-state index contributed by atoms with van der Waals surface area (Å²) in [6.07, 6.45) is 0. The number of methoxy groups -OCH3 is 2. The van der Waals surface area contributed by atoms with E-state index in [-0.39, 0.29) is 23.7 Å². The topological polar surface area (TPSA) is 94.6 Å². The molecule has 8 heteroatoms. The first-order chi connectivity index (χ1) is 13.2. The molecule has 0 spiro atoms. The van der Waals surface area contributed by atoms with Crippen LogP contribution in [0.15, 0.2) is 60.7 Å². The van der Waals surface area contributed by atoms with Crippen molar-refractivity contribution in [2.24, 2.45) is 0 Å². The van der Waals surface area contributed by atoms with E-state index in [1.54, 1.807) is 24.3 Å². The van der Waals surface area contributed by atoms with Crippen molar-refractivity contribution < 1.29 is 19.0 Å². The summed E-state index contributed by atoms with van der Waals surface area (Å²) >= 11 is 0. The van der Waals surface area contributed by atoms with Crippen LogP contribution in [0.4, 0.5) is 5.69 Å². The number of nitrogens with one attached hydrogen (secondary N) is 2. The van der Waals surface area contributed by atoms with Crippen LogP contribution in [0.3, 0.4) is 0 Å². The van der Waals surface area contributed by atoms with Gasteiger partial charge in [-0.15, -0.1) is 0 Å². The number of anilines is 1. The van der Waals surface area contributed by atoms with E-state index in [0.29, 0.717) is 11.3 Å². The van der Waals surface area contributed by atoms with Crippen LogP contribution >= 0.6 is 0 Å². The first-order valence-electron chi connectivity index (χ1n) is 8.05. The number of amides is 1. The Bertz CT molecular complexity index is 896. The zero-order valence-electron chi connectivity index (χ0n) is 14.8. The van der Waals surface area contributed by atoms with Crippen molar-refractivity contribution in [2.45, 2.75) is 0 Å². The molecule has 0 fully saturated rings. The van der Waals surface area contributed by atoms with Crippen LogP contribution in [0.1, 0.15) is 10.4 Å². The van der Waals surface area contributed by atoms with Gasteiger partial charge in [0.2, 0.25) is 11.8 Å². The Labute approximate surface area is 156 Å². The number of rotatable bonds is 7. The minimum absolute atomic E-state index is 0.00229. The van der Waals surface area contributed by atoms with E-state index in [2.05, 4.69) is 20.8 Å². The molecular weight excluding hydrogens is 348 g/mol. The Balaban J connectivity index is 1.78. The predicted molar refractivity (Wildman–Crippen MR) is 99.2 cm³/mol. The van der Waals surface area contributed by atoms with Crippen LogP contribution in [0, 0.1) is 0 Å². The third kappa shape index (κ3) is 4.63. The zero-order chi connectivity index (χ0) is 19.1. The van der Waals surface area contributed by atoms with E-state index in [0.717, 1.165) is 5.69 Å². The predicted octanol–water partition coefficient (Wildman–Crippen LogP) is 3.04. The molecule has 27 heavy (non-hydrogen) atoms. The lowest BCUT2D eigenvalue weighted by Crippen LogP contribution is -2.29. The van der Waals surface area contributed by atoms with Crippen molar-refractivity contribution in [3.63, 3.8) is 0 Å². The van der Waals surface area contributed by atoms with E-state index in [1.807, 2.05) is 30.3 Å². The first-order valence-corrected chi connectivity index (χ1v) is 8.05.